The Morgan fingerprint density at radius 3 is 2.86 bits per heavy atom. The predicted molar refractivity (Wildman–Crippen MR) is 75.8 cm³/mol. The largest absolute Gasteiger partial charge is 0.443 e. The number of ether oxygens (including phenoxy) is 1. The second-order valence-corrected chi connectivity index (χ2v) is 5.42. The number of amides is 1. The van der Waals surface area contributed by atoms with Crippen LogP contribution in [-0.2, 0) is 11.3 Å². The maximum absolute atomic E-state index is 11.5. The molecule has 1 aromatic carbocycles. The van der Waals surface area contributed by atoms with Gasteiger partial charge < -0.3 is 4.74 Å². The smallest absolute Gasteiger partial charge is 0.422 e. The van der Waals surface area contributed by atoms with Crippen LogP contribution in [0.15, 0.2) is 24.3 Å². The van der Waals surface area contributed by atoms with Crippen molar-refractivity contribution in [1.29, 1.82) is 0 Å². The van der Waals surface area contributed by atoms with E-state index in [1.807, 2.05) is 24.3 Å². The molecule has 21 heavy (non-hydrogen) atoms. The number of carbonyl (C=O) groups excluding carboxylic acids is 1. The number of nitrogens with zero attached hydrogens (tertiary/aromatic N) is 3. The van der Waals surface area contributed by atoms with E-state index in [1.165, 1.54) is 0 Å². The van der Waals surface area contributed by atoms with E-state index in [9.17, 15) is 4.79 Å². The molecule has 0 atom stereocenters. The highest BCUT2D eigenvalue weighted by atomic mass is 16.6. The summed E-state index contributed by atoms with van der Waals surface area (Å²) in [6.07, 6.45) is -0.517. The molecule has 8 heteroatoms. The lowest BCUT2D eigenvalue weighted by Crippen LogP contribution is -2.40. The zero-order valence-corrected chi connectivity index (χ0v) is 12.2. The number of carbonyl (C=O) groups is 1. The van der Waals surface area contributed by atoms with Crippen LogP contribution in [0.4, 0.5) is 4.79 Å². The Hall–Kier alpha value is -2.48. The van der Waals surface area contributed by atoms with Crippen molar-refractivity contribution in [1.82, 2.24) is 31.5 Å². The number of hydrogen-bond acceptors (Lipinski definition) is 6. The third-order valence-corrected chi connectivity index (χ3v) is 2.41. The molecule has 0 spiro atoms. The van der Waals surface area contributed by atoms with E-state index in [-0.39, 0.29) is 0 Å². The molecule has 1 heterocycles. The molecule has 0 saturated heterocycles. The summed E-state index contributed by atoms with van der Waals surface area (Å²) in [6, 6.07) is 7.60. The van der Waals surface area contributed by atoms with Crippen molar-refractivity contribution in [2.75, 3.05) is 0 Å². The van der Waals surface area contributed by atoms with E-state index in [2.05, 4.69) is 31.5 Å². The van der Waals surface area contributed by atoms with Gasteiger partial charge in [-0.15, -0.1) is 10.2 Å². The fourth-order valence-electron chi connectivity index (χ4n) is 1.63. The second-order valence-electron chi connectivity index (χ2n) is 5.42. The monoisotopic (exact) mass is 290 g/mol. The van der Waals surface area contributed by atoms with Gasteiger partial charge in [0.25, 0.3) is 0 Å². The molecule has 3 N–H and O–H groups in total. The van der Waals surface area contributed by atoms with Crippen molar-refractivity contribution in [3.05, 3.63) is 29.8 Å². The van der Waals surface area contributed by atoms with Gasteiger partial charge in [-0.3, -0.25) is 5.43 Å². The van der Waals surface area contributed by atoms with Crippen LogP contribution in [0.3, 0.4) is 0 Å². The summed E-state index contributed by atoms with van der Waals surface area (Å²) in [5.74, 6) is 0.525. The van der Waals surface area contributed by atoms with E-state index in [1.54, 1.807) is 20.8 Å². The summed E-state index contributed by atoms with van der Waals surface area (Å²) in [7, 11) is 0. The molecular formula is C13H18N6O2. The van der Waals surface area contributed by atoms with E-state index in [0.29, 0.717) is 12.4 Å². The highest BCUT2D eigenvalue weighted by Crippen LogP contribution is 2.14. The number of nitrogens with one attached hydrogen (secondary N) is 3. The highest BCUT2D eigenvalue weighted by Gasteiger charge is 2.15. The van der Waals surface area contributed by atoms with Gasteiger partial charge in [0.15, 0.2) is 0 Å². The zero-order chi connectivity index (χ0) is 15.3. The Morgan fingerprint density at radius 1 is 1.38 bits per heavy atom. The summed E-state index contributed by atoms with van der Waals surface area (Å²) in [5, 5.41) is 13.8. The van der Waals surface area contributed by atoms with Crippen LogP contribution in [0.5, 0.6) is 0 Å². The molecule has 0 aliphatic heterocycles. The summed E-state index contributed by atoms with van der Waals surface area (Å²) < 4.78 is 5.11. The van der Waals surface area contributed by atoms with Crippen LogP contribution in [0, 0.1) is 0 Å². The Morgan fingerprint density at radius 2 is 2.19 bits per heavy atom. The van der Waals surface area contributed by atoms with Crippen molar-refractivity contribution in [3.63, 3.8) is 0 Å². The lowest BCUT2D eigenvalue weighted by Gasteiger charge is -2.19. The standard InChI is InChI=1S/C13H18N6O2/c1-13(2,3)21-12(20)17-14-8-9-5-4-6-10(7-9)11-15-18-19-16-11/h4-7,14H,8H2,1-3H3,(H,17,20)(H,15,16,18,19). The number of aromatic nitrogens is 4. The molecule has 112 valence electrons. The molecule has 0 aliphatic rings. The Kier molecular flexibility index (Phi) is 4.49. The number of rotatable bonds is 4. The summed E-state index contributed by atoms with van der Waals surface area (Å²) in [6.45, 7) is 5.87. The van der Waals surface area contributed by atoms with Gasteiger partial charge in [0.05, 0.1) is 0 Å². The van der Waals surface area contributed by atoms with Crippen LogP contribution in [0.2, 0.25) is 0 Å². The molecule has 1 amide bonds. The molecule has 0 unspecified atom stereocenters. The molecule has 2 aromatic rings. The zero-order valence-electron chi connectivity index (χ0n) is 12.2. The molecule has 0 aliphatic carbocycles. The molecule has 0 radical (unpaired) electrons. The normalized spacial score (nSPS) is 11.2. The molecule has 1 aromatic heterocycles. The third-order valence-electron chi connectivity index (χ3n) is 2.41. The molecule has 0 saturated carbocycles. The Bertz CT molecular complexity index is 591. The number of H-pyrrole nitrogens is 1. The Balaban J connectivity index is 1.87. The van der Waals surface area contributed by atoms with Gasteiger partial charge in [-0.1, -0.05) is 18.2 Å². The van der Waals surface area contributed by atoms with Gasteiger partial charge >= 0.3 is 6.09 Å². The maximum Gasteiger partial charge on any atom is 0.422 e. The molecule has 0 bridgehead atoms. The topological polar surface area (TPSA) is 105 Å². The first-order chi connectivity index (χ1) is 9.94. The van der Waals surface area contributed by atoms with Crippen molar-refractivity contribution in [2.45, 2.75) is 32.9 Å². The first-order valence-electron chi connectivity index (χ1n) is 6.49. The van der Waals surface area contributed by atoms with Gasteiger partial charge in [0, 0.05) is 12.1 Å². The van der Waals surface area contributed by atoms with E-state index in [4.69, 9.17) is 4.74 Å². The van der Waals surface area contributed by atoms with Gasteiger partial charge in [0.1, 0.15) is 5.60 Å². The lowest BCUT2D eigenvalue weighted by molar-refractivity contribution is 0.0497. The van der Waals surface area contributed by atoms with Crippen LogP contribution in [0.25, 0.3) is 11.4 Å². The second kappa shape index (κ2) is 6.31. The molecule has 0 fully saturated rings. The van der Waals surface area contributed by atoms with Crippen molar-refractivity contribution in [2.24, 2.45) is 0 Å². The quantitative estimate of drug-likeness (QED) is 0.735. The number of hydrogen-bond donors (Lipinski definition) is 3. The minimum atomic E-state index is -0.524. The fraction of sp³-hybridized carbons (Fsp3) is 0.385. The van der Waals surface area contributed by atoms with Crippen LogP contribution < -0.4 is 10.9 Å². The van der Waals surface area contributed by atoms with Crippen molar-refractivity contribution < 1.29 is 9.53 Å². The van der Waals surface area contributed by atoms with Gasteiger partial charge in [0.2, 0.25) is 5.82 Å². The minimum absolute atomic E-state index is 0.449. The third kappa shape index (κ3) is 4.84. The van der Waals surface area contributed by atoms with Crippen molar-refractivity contribution in [3.8, 4) is 11.4 Å². The molecule has 8 nitrogen and oxygen atoms in total. The van der Waals surface area contributed by atoms with Gasteiger partial charge in [-0.05, 0) is 37.6 Å². The average molecular weight is 290 g/mol. The van der Waals surface area contributed by atoms with Gasteiger partial charge in [-0.25, -0.2) is 10.2 Å². The summed E-state index contributed by atoms with van der Waals surface area (Å²) in [4.78, 5) is 11.5. The molecular weight excluding hydrogens is 272 g/mol. The SMILES string of the molecule is CC(C)(C)OC(=O)NNCc1cccc(-c2nn[nH]n2)c1. The van der Waals surface area contributed by atoms with Crippen LogP contribution in [0.1, 0.15) is 26.3 Å². The number of hydrazine groups is 1. The fourth-order valence-corrected chi connectivity index (χ4v) is 1.63. The van der Waals surface area contributed by atoms with E-state index >= 15 is 0 Å². The van der Waals surface area contributed by atoms with Crippen molar-refractivity contribution >= 4 is 6.09 Å². The predicted octanol–water partition coefficient (Wildman–Crippen LogP) is 1.40. The number of aromatic amines is 1. The molecule has 2 rings (SSSR count). The number of benzene rings is 1. The lowest BCUT2D eigenvalue weighted by atomic mass is 10.1. The average Bonchev–Trinajstić information content (AvgIpc) is 2.90. The van der Waals surface area contributed by atoms with E-state index in [0.717, 1.165) is 11.1 Å². The van der Waals surface area contributed by atoms with Crippen LogP contribution in [-0.4, -0.2) is 32.3 Å². The van der Waals surface area contributed by atoms with E-state index < -0.39 is 11.7 Å². The van der Waals surface area contributed by atoms with Crippen LogP contribution >= 0.6 is 0 Å². The summed E-state index contributed by atoms with van der Waals surface area (Å²) in [5.41, 5.74) is 6.58. The van der Waals surface area contributed by atoms with Gasteiger partial charge in [-0.2, -0.15) is 5.21 Å². The minimum Gasteiger partial charge on any atom is -0.443 e. The first kappa shape index (κ1) is 14.9. The number of tetrazole rings is 1. The highest BCUT2D eigenvalue weighted by molar-refractivity contribution is 5.67. The Labute approximate surface area is 122 Å². The summed E-state index contributed by atoms with van der Waals surface area (Å²) >= 11 is 0. The first-order valence-corrected chi connectivity index (χ1v) is 6.49. The maximum atomic E-state index is 11.5.